The monoisotopic (exact) mass is 447 g/mol. The Labute approximate surface area is 197 Å². The summed E-state index contributed by atoms with van der Waals surface area (Å²) in [5.41, 5.74) is 4.69. The average molecular weight is 448 g/mol. The van der Waals surface area contributed by atoms with Crippen LogP contribution in [0, 0.1) is 11.8 Å². The Morgan fingerprint density at radius 2 is 1.73 bits per heavy atom. The molecule has 3 N–H and O–H groups in total. The van der Waals surface area contributed by atoms with Crippen LogP contribution in [-0.4, -0.2) is 43.4 Å². The van der Waals surface area contributed by atoms with Crippen molar-refractivity contribution in [2.24, 2.45) is 16.8 Å². The lowest BCUT2D eigenvalue weighted by molar-refractivity contribution is -0.116. The molecule has 0 radical (unpaired) electrons. The molecule has 0 bridgehead atoms. The summed E-state index contributed by atoms with van der Waals surface area (Å²) >= 11 is 0. The maximum Gasteiger partial charge on any atom is 0.225 e. The molecule has 1 saturated heterocycles. The van der Waals surface area contributed by atoms with Crippen molar-refractivity contribution in [2.45, 2.75) is 45.7 Å². The average Bonchev–Trinajstić information content (AvgIpc) is 2.79. The highest BCUT2D eigenvalue weighted by atomic mass is 16.1. The predicted octanol–water partition coefficient (Wildman–Crippen LogP) is 3.96. The second-order valence-electron chi connectivity index (χ2n) is 9.80. The van der Waals surface area contributed by atoms with Crippen molar-refractivity contribution >= 4 is 17.6 Å². The van der Waals surface area contributed by atoms with Gasteiger partial charge in [-0.25, -0.2) is 0 Å². The summed E-state index contributed by atoms with van der Waals surface area (Å²) in [6.07, 6.45) is 1.83. The van der Waals surface area contributed by atoms with Gasteiger partial charge in [0.15, 0.2) is 5.96 Å². The Kier molecular flexibility index (Phi) is 7.65. The first kappa shape index (κ1) is 23.3. The van der Waals surface area contributed by atoms with Crippen molar-refractivity contribution in [3.63, 3.8) is 0 Å². The molecule has 1 fully saturated rings. The van der Waals surface area contributed by atoms with Crippen LogP contribution in [0.4, 0.5) is 5.69 Å². The van der Waals surface area contributed by atoms with Crippen LogP contribution in [0.3, 0.4) is 0 Å². The van der Waals surface area contributed by atoms with Gasteiger partial charge >= 0.3 is 0 Å². The Hall–Kier alpha value is -2.86. The predicted molar refractivity (Wildman–Crippen MR) is 135 cm³/mol. The minimum absolute atomic E-state index is 0.0667. The summed E-state index contributed by atoms with van der Waals surface area (Å²) in [7, 11) is 1.78. The Morgan fingerprint density at radius 1 is 1.03 bits per heavy atom. The van der Waals surface area contributed by atoms with Crippen LogP contribution in [0.15, 0.2) is 53.5 Å². The molecule has 6 nitrogen and oxygen atoms in total. The van der Waals surface area contributed by atoms with Crippen LogP contribution >= 0.6 is 0 Å². The molecule has 4 rings (SSSR count). The van der Waals surface area contributed by atoms with Crippen molar-refractivity contribution in [3.8, 4) is 0 Å². The summed E-state index contributed by atoms with van der Waals surface area (Å²) < 4.78 is 0. The Morgan fingerprint density at radius 3 is 2.45 bits per heavy atom. The SMILES string of the molecule is CN=C(NCc1ccc(CN2CC(C)CC(C)C2)cc1)NCC1CC(=O)Nc2ccccc21. The van der Waals surface area contributed by atoms with Gasteiger partial charge in [-0.15, -0.1) is 0 Å². The van der Waals surface area contributed by atoms with E-state index in [0.717, 1.165) is 30.0 Å². The standard InChI is InChI=1S/C27H37N5O/c1-19-12-20(2)17-32(16-19)18-22-10-8-21(9-11-22)14-29-27(28-3)30-15-23-13-26(33)31-25-7-5-4-6-24(23)25/h4-11,19-20,23H,12-18H2,1-3H3,(H,31,33)(H2,28,29,30). The van der Waals surface area contributed by atoms with E-state index in [1.807, 2.05) is 18.2 Å². The van der Waals surface area contributed by atoms with E-state index in [1.165, 1.54) is 36.2 Å². The summed E-state index contributed by atoms with van der Waals surface area (Å²) in [6.45, 7) is 9.52. The van der Waals surface area contributed by atoms with E-state index in [-0.39, 0.29) is 11.8 Å². The minimum Gasteiger partial charge on any atom is -0.356 e. The summed E-state index contributed by atoms with van der Waals surface area (Å²) in [4.78, 5) is 19.0. The highest BCUT2D eigenvalue weighted by Crippen LogP contribution is 2.31. The maximum absolute atomic E-state index is 12.1. The van der Waals surface area contributed by atoms with Gasteiger partial charge in [-0.3, -0.25) is 14.7 Å². The van der Waals surface area contributed by atoms with Crippen molar-refractivity contribution in [3.05, 3.63) is 65.2 Å². The number of carbonyl (C=O) groups excluding carboxylic acids is 1. The fraction of sp³-hybridized carbons (Fsp3) is 0.481. The van der Waals surface area contributed by atoms with Crippen molar-refractivity contribution < 1.29 is 4.79 Å². The van der Waals surface area contributed by atoms with Crippen LogP contribution in [0.2, 0.25) is 0 Å². The van der Waals surface area contributed by atoms with Gasteiger partial charge in [-0.1, -0.05) is 56.3 Å². The zero-order valence-electron chi connectivity index (χ0n) is 20.1. The molecular weight excluding hydrogens is 410 g/mol. The number of piperidine rings is 1. The maximum atomic E-state index is 12.1. The minimum atomic E-state index is 0.0667. The zero-order chi connectivity index (χ0) is 23.2. The lowest BCUT2D eigenvalue weighted by Crippen LogP contribution is -2.40. The van der Waals surface area contributed by atoms with Crippen molar-refractivity contribution in [1.82, 2.24) is 15.5 Å². The van der Waals surface area contributed by atoms with Crippen LogP contribution < -0.4 is 16.0 Å². The molecule has 1 amide bonds. The molecule has 2 aliphatic heterocycles. The molecule has 0 aliphatic carbocycles. The van der Waals surface area contributed by atoms with Crippen molar-refractivity contribution in [2.75, 3.05) is 32.0 Å². The van der Waals surface area contributed by atoms with E-state index in [1.54, 1.807) is 7.05 Å². The van der Waals surface area contributed by atoms with E-state index in [2.05, 4.69) is 70.0 Å². The number of carbonyl (C=O) groups is 1. The van der Waals surface area contributed by atoms with Gasteiger partial charge in [0.2, 0.25) is 5.91 Å². The first-order chi connectivity index (χ1) is 16.0. The molecule has 2 heterocycles. The van der Waals surface area contributed by atoms with Gasteiger partial charge in [0.05, 0.1) is 0 Å². The molecule has 176 valence electrons. The second kappa shape index (κ2) is 10.8. The number of hydrogen-bond acceptors (Lipinski definition) is 3. The Balaban J connectivity index is 1.26. The van der Waals surface area contributed by atoms with Gasteiger partial charge in [0, 0.05) is 57.8 Å². The largest absolute Gasteiger partial charge is 0.356 e. The normalized spacial score (nSPS) is 23.5. The molecule has 6 heteroatoms. The van der Waals surface area contributed by atoms with Crippen molar-refractivity contribution in [1.29, 1.82) is 0 Å². The molecule has 2 aliphatic rings. The first-order valence-electron chi connectivity index (χ1n) is 12.1. The molecule has 0 spiro atoms. The van der Waals surface area contributed by atoms with Gasteiger partial charge in [-0.2, -0.15) is 0 Å². The molecule has 0 saturated carbocycles. The van der Waals surface area contributed by atoms with Crippen LogP contribution in [0.1, 0.15) is 49.3 Å². The molecule has 2 aromatic carbocycles. The van der Waals surface area contributed by atoms with Gasteiger partial charge in [0.1, 0.15) is 0 Å². The summed E-state index contributed by atoms with van der Waals surface area (Å²) in [6, 6.07) is 16.9. The zero-order valence-corrected chi connectivity index (χ0v) is 20.1. The number of benzene rings is 2. The molecular formula is C27H37N5O. The molecule has 2 aromatic rings. The fourth-order valence-electron chi connectivity index (χ4n) is 5.25. The third kappa shape index (κ3) is 6.35. The molecule has 33 heavy (non-hydrogen) atoms. The number of likely N-dealkylation sites (tertiary alicyclic amines) is 1. The molecule has 0 aromatic heterocycles. The number of guanidine groups is 1. The highest BCUT2D eigenvalue weighted by Gasteiger charge is 2.25. The first-order valence-corrected chi connectivity index (χ1v) is 12.1. The number of amides is 1. The van der Waals surface area contributed by atoms with Gasteiger partial charge in [-0.05, 0) is 41.0 Å². The number of fused-ring (bicyclic) bond motifs is 1. The number of hydrogen-bond donors (Lipinski definition) is 3. The Bertz CT molecular complexity index is 961. The summed E-state index contributed by atoms with van der Waals surface area (Å²) in [5.74, 6) is 2.52. The third-order valence-corrected chi connectivity index (χ3v) is 6.68. The third-order valence-electron chi connectivity index (χ3n) is 6.68. The van der Waals surface area contributed by atoms with E-state index in [9.17, 15) is 4.79 Å². The van der Waals surface area contributed by atoms with E-state index >= 15 is 0 Å². The van der Waals surface area contributed by atoms with E-state index < -0.39 is 0 Å². The number of anilines is 1. The highest BCUT2D eigenvalue weighted by molar-refractivity contribution is 5.94. The van der Waals surface area contributed by atoms with E-state index in [4.69, 9.17) is 0 Å². The second-order valence-corrected chi connectivity index (χ2v) is 9.80. The number of aliphatic imine (C=N–C) groups is 1. The summed E-state index contributed by atoms with van der Waals surface area (Å²) in [5, 5.41) is 9.75. The van der Waals surface area contributed by atoms with Crippen LogP contribution in [0.25, 0.3) is 0 Å². The van der Waals surface area contributed by atoms with Crippen LogP contribution in [0.5, 0.6) is 0 Å². The topological polar surface area (TPSA) is 68.8 Å². The quantitative estimate of drug-likeness (QED) is 0.463. The number of rotatable bonds is 6. The smallest absolute Gasteiger partial charge is 0.225 e. The number of nitrogens with zero attached hydrogens (tertiary/aromatic N) is 2. The van der Waals surface area contributed by atoms with Gasteiger partial charge < -0.3 is 16.0 Å². The lowest BCUT2D eigenvalue weighted by Gasteiger charge is -2.35. The number of nitrogens with one attached hydrogen (secondary N) is 3. The van der Waals surface area contributed by atoms with Crippen LogP contribution in [-0.2, 0) is 17.9 Å². The molecule has 3 unspecified atom stereocenters. The lowest BCUT2D eigenvalue weighted by atomic mass is 9.90. The fourth-order valence-corrected chi connectivity index (χ4v) is 5.25. The number of para-hydroxylation sites is 1. The van der Waals surface area contributed by atoms with Gasteiger partial charge in [0.25, 0.3) is 0 Å². The van der Waals surface area contributed by atoms with E-state index in [0.29, 0.717) is 19.5 Å². The molecule has 3 atom stereocenters.